The lowest BCUT2D eigenvalue weighted by Crippen LogP contribution is -2.49. The number of anilines is 1. The lowest BCUT2D eigenvalue weighted by molar-refractivity contribution is 0.355. The first-order valence-corrected chi connectivity index (χ1v) is 16.2. The van der Waals surface area contributed by atoms with Crippen molar-refractivity contribution < 1.29 is 4.42 Å². The van der Waals surface area contributed by atoms with E-state index in [1.807, 2.05) is 6.08 Å². The third kappa shape index (κ3) is 3.48. The van der Waals surface area contributed by atoms with Gasteiger partial charge in [0, 0.05) is 44.8 Å². The highest BCUT2D eigenvalue weighted by Gasteiger charge is 2.51. The monoisotopic (exact) mass is 595 g/mol. The highest BCUT2D eigenvalue weighted by Crippen LogP contribution is 2.55. The van der Waals surface area contributed by atoms with Gasteiger partial charge in [0.05, 0.1) is 30.1 Å². The molecule has 1 aliphatic heterocycles. The van der Waals surface area contributed by atoms with Gasteiger partial charge in [-0.25, -0.2) is 0 Å². The van der Waals surface area contributed by atoms with Crippen LogP contribution in [0.2, 0.25) is 0 Å². The maximum Gasteiger partial charge on any atom is 0.143 e. The van der Waals surface area contributed by atoms with Gasteiger partial charge in [0.2, 0.25) is 0 Å². The van der Waals surface area contributed by atoms with E-state index in [0.717, 1.165) is 39.5 Å². The predicted octanol–water partition coefficient (Wildman–Crippen LogP) is 9.74. The van der Waals surface area contributed by atoms with Gasteiger partial charge in [-0.05, 0) is 64.1 Å². The van der Waals surface area contributed by atoms with Crippen molar-refractivity contribution in [1.29, 1.82) is 10.5 Å². The molecule has 0 N–H and O–H groups in total. The van der Waals surface area contributed by atoms with Crippen LogP contribution < -0.4 is 4.90 Å². The van der Waals surface area contributed by atoms with Crippen LogP contribution in [0.4, 0.5) is 5.69 Å². The van der Waals surface area contributed by atoms with Crippen molar-refractivity contribution in [1.82, 2.24) is 0 Å². The van der Waals surface area contributed by atoms with Crippen molar-refractivity contribution in [2.24, 2.45) is 5.92 Å². The molecule has 0 amide bonds. The minimum absolute atomic E-state index is 0.0385. The van der Waals surface area contributed by atoms with Crippen LogP contribution in [-0.4, -0.2) is 12.1 Å². The van der Waals surface area contributed by atoms with Crippen LogP contribution in [0.3, 0.4) is 0 Å². The molecule has 222 valence electrons. The Labute approximate surface area is 269 Å². The number of allylic oxidation sites excluding steroid dienone is 3. The number of hydrogen-bond acceptors (Lipinski definition) is 4. The van der Waals surface area contributed by atoms with E-state index in [0.29, 0.717) is 6.42 Å². The summed E-state index contributed by atoms with van der Waals surface area (Å²) in [6.45, 7) is 6.90. The molecule has 9 rings (SSSR count). The van der Waals surface area contributed by atoms with E-state index < -0.39 is 0 Å². The van der Waals surface area contributed by atoms with Crippen LogP contribution in [0, 0.1) is 28.6 Å². The Morgan fingerprint density at radius 3 is 2.46 bits per heavy atom. The lowest BCUT2D eigenvalue weighted by atomic mass is 9.69. The SMILES string of the molecule is CC1(C)c2ccccc2-c2c1ccc1c2oc2ccc(C3=CC=C(C#N)CC3N3c4ccccc4C4(C)CC(C#N)C=CC34)cc21. The predicted molar refractivity (Wildman–Crippen MR) is 184 cm³/mol. The summed E-state index contributed by atoms with van der Waals surface area (Å²) < 4.78 is 6.68. The molecule has 4 unspecified atom stereocenters. The average molecular weight is 596 g/mol. The van der Waals surface area contributed by atoms with Crippen LogP contribution in [0.25, 0.3) is 38.6 Å². The van der Waals surface area contributed by atoms with Gasteiger partial charge in [-0.1, -0.05) is 99.7 Å². The minimum Gasteiger partial charge on any atom is -0.455 e. The lowest BCUT2D eigenvalue weighted by Gasteiger charge is -2.43. The fourth-order valence-corrected chi connectivity index (χ4v) is 9.06. The zero-order valence-corrected chi connectivity index (χ0v) is 26.2. The number of nitriles is 2. The van der Waals surface area contributed by atoms with E-state index >= 15 is 0 Å². The normalized spacial score (nSPS) is 25.2. The Bertz CT molecular complexity index is 2320. The second kappa shape index (κ2) is 9.35. The van der Waals surface area contributed by atoms with Crippen molar-refractivity contribution in [3.8, 4) is 23.3 Å². The summed E-state index contributed by atoms with van der Waals surface area (Å²) in [5, 5.41) is 22.1. The van der Waals surface area contributed by atoms with Crippen LogP contribution in [0.15, 0.2) is 113 Å². The molecule has 0 bridgehead atoms. The smallest absolute Gasteiger partial charge is 0.143 e. The first kappa shape index (κ1) is 27.0. The molecule has 46 heavy (non-hydrogen) atoms. The number of rotatable bonds is 2. The van der Waals surface area contributed by atoms with Gasteiger partial charge in [-0.15, -0.1) is 0 Å². The van der Waals surface area contributed by atoms with Crippen molar-refractivity contribution >= 4 is 33.2 Å². The summed E-state index contributed by atoms with van der Waals surface area (Å²) in [6, 6.07) is 33.5. The largest absolute Gasteiger partial charge is 0.455 e. The molecule has 0 fully saturated rings. The van der Waals surface area contributed by atoms with Gasteiger partial charge in [0.25, 0.3) is 0 Å². The summed E-state index contributed by atoms with van der Waals surface area (Å²) in [5.74, 6) is -0.110. The Kier molecular flexibility index (Phi) is 5.49. The van der Waals surface area contributed by atoms with E-state index in [1.165, 1.54) is 39.1 Å². The summed E-state index contributed by atoms with van der Waals surface area (Å²) in [6.07, 6.45) is 9.87. The molecule has 4 aliphatic rings. The number of nitrogens with zero attached hydrogens (tertiary/aromatic N) is 3. The van der Waals surface area contributed by atoms with Crippen molar-refractivity contribution in [3.63, 3.8) is 0 Å². The zero-order valence-electron chi connectivity index (χ0n) is 26.2. The maximum absolute atomic E-state index is 10.0. The van der Waals surface area contributed by atoms with E-state index in [-0.39, 0.29) is 28.8 Å². The van der Waals surface area contributed by atoms with Crippen molar-refractivity contribution in [3.05, 3.63) is 131 Å². The molecular weight excluding hydrogens is 562 g/mol. The molecule has 3 aliphatic carbocycles. The Morgan fingerprint density at radius 2 is 1.63 bits per heavy atom. The fourth-order valence-electron chi connectivity index (χ4n) is 9.06. The first-order chi connectivity index (χ1) is 22.3. The maximum atomic E-state index is 10.0. The number of benzene rings is 4. The van der Waals surface area contributed by atoms with Crippen LogP contribution >= 0.6 is 0 Å². The number of furan rings is 1. The molecule has 4 nitrogen and oxygen atoms in total. The fraction of sp³-hybridized carbons (Fsp3) is 0.238. The summed E-state index contributed by atoms with van der Waals surface area (Å²) in [7, 11) is 0. The molecule has 2 heterocycles. The molecule has 5 aromatic rings. The quantitative estimate of drug-likeness (QED) is 0.191. The summed E-state index contributed by atoms with van der Waals surface area (Å²) in [4.78, 5) is 2.53. The van der Waals surface area contributed by atoms with Gasteiger partial charge in [-0.3, -0.25) is 0 Å². The average Bonchev–Trinajstić information content (AvgIpc) is 3.67. The van der Waals surface area contributed by atoms with E-state index in [9.17, 15) is 10.5 Å². The zero-order chi connectivity index (χ0) is 31.4. The highest BCUT2D eigenvalue weighted by molar-refractivity contribution is 6.12. The Balaban J connectivity index is 1.21. The third-order valence-corrected chi connectivity index (χ3v) is 11.3. The number of para-hydroxylation sites is 1. The van der Waals surface area contributed by atoms with Gasteiger partial charge in [-0.2, -0.15) is 10.5 Å². The molecule has 0 saturated heterocycles. The molecule has 4 heteroatoms. The first-order valence-electron chi connectivity index (χ1n) is 16.2. The van der Waals surface area contributed by atoms with Crippen molar-refractivity contribution in [2.75, 3.05) is 4.90 Å². The standard InChI is InChI=1S/C42H33N3O/c1-41(2)32-9-5-4-8-30(32)39-34(41)17-16-29-31-21-27(14-18-37(31)46-40(29)39)28-15-12-25(23-43)20-36(28)45-35-11-7-6-10-33(35)42(3)22-26(24-44)13-19-38(42)45/h4-19,21,26,36,38H,20,22H2,1-3H3. The molecule has 0 spiro atoms. The van der Waals surface area contributed by atoms with Gasteiger partial charge < -0.3 is 9.32 Å². The molecule has 1 aromatic heterocycles. The second-order valence-corrected chi connectivity index (χ2v) is 14.1. The van der Waals surface area contributed by atoms with Gasteiger partial charge in [0.15, 0.2) is 0 Å². The van der Waals surface area contributed by atoms with Crippen LogP contribution in [0.5, 0.6) is 0 Å². The molecule has 0 radical (unpaired) electrons. The van der Waals surface area contributed by atoms with E-state index in [1.54, 1.807) is 0 Å². The van der Waals surface area contributed by atoms with E-state index in [4.69, 9.17) is 4.42 Å². The third-order valence-electron chi connectivity index (χ3n) is 11.3. The molecule has 4 atom stereocenters. The molecule has 4 aromatic carbocycles. The van der Waals surface area contributed by atoms with Crippen LogP contribution in [-0.2, 0) is 10.8 Å². The molecular formula is C42H33N3O. The van der Waals surface area contributed by atoms with Crippen LogP contribution in [0.1, 0.15) is 55.9 Å². The second-order valence-electron chi connectivity index (χ2n) is 14.1. The van der Waals surface area contributed by atoms with Gasteiger partial charge in [0.1, 0.15) is 11.2 Å². The Morgan fingerprint density at radius 1 is 0.826 bits per heavy atom. The van der Waals surface area contributed by atoms with E-state index in [2.05, 4.69) is 135 Å². The number of fused-ring (bicyclic) bond motifs is 10. The highest BCUT2D eigenvalue weighted by atomic mass is 16.3. The van der Waals surface area contributed by atoms with Crippen molar-refractivity contribution in [2.45, 2.75) is 56.5 Å². The summed E-state index contributed by atoms with van der Waals surface area (Å²) >= 11 is 0. The summed E-state index contributed by atoms with van der Waals surface area (Å²) in [5.41, 5.74) is 12.2. The minimum atomic E-state index is -0.194. The Hall–Kier alpha value is -5.32. The number of hydrogen-bond donors (Lipinski definition) is 0. The van der Waals surface area contributed by atoms with Gasteiger partial charge >= 0.3 is 0 Å². The topological polar surface area (TPSA) is 64.0 Å². The molecule has 0 saturated carbocycles.